The lowest BCUT2D eigenvalue weighted by Crippen LogP contribution is -2.37. The molecule has 0 unspecified atom stereocenters. The summed E-state index contributed by atoms with van der Waals surface area (Å²) in [4.78, 5) is 14.4. The smallest absolute Gasteiger partial charge is 0.227 e. The van der Waals surface area contributed by atoms with Gasteiger partial charge in [0.05, 0.1) is 24.6 Å². The van der Waals surface area contributed by atoms with Crippen LogP contribution in [-0.2, 0) is 9.53 Å². The normalized spacial score (nSPS) is 15.3. The van der Waals surface area contributed by atoms with Crippen LogP contribution in [0.15, 0.2) is 18.2 Å². The summed E-state index contributed by atoms with van der Waals surface area (Å²) in [6, 6.07) is 4.55. The first-order valence-corrected chi connectivity index (χ1v) is 7.58. The van der Waals surface area contributed by atoms with Gasteiger partial charge in [0.15, 0.2) is 0 Å². The maximum atomic E-state index is 13.5. The number of carbonyl (C=O) groups is 1. The summed E-state index contributed by atoms with van der Waals surface area (Å²) in [5.41, 5.74) is 1.41. The van der Waals surface area contributed by atoms with E-state index in [1.54, 1.807) is 6.07 Å². The largest absolute Gasteiger partial charge is 0.378 e. The van der Waals surface area contributed by atoms with Crippen LogP contribution < -0.4 is 10.2 Å². The zero-order chi connectivity index (χ0) is 15.2. The second kappa shape index (κ2) is 7.41. The summed E-state index contributed by atoms with van der Waals surface area (Å²) in [5.74, 6) is -0.419. The molecule has 5 heteroatoms. The number of nitrogens with zero attached hydrogens (tertiary/aromatic N) is 1. The van der Waals surface area contributed by atoms with Crippen LogP contribution in [0.5, 0.6) is 0 Å². The number of nitrogens with one attached hydrogen (secondary N) is 1. The Balaban J connectivity index is 2.20. The van der Waals surface area contributed by atoms with Crippen molar-refractivity contribution >= 4 is 17.3 Å². The maximum absolute atomic E-state index is 13.5. The van der Waals surface area contributed by atoms with Crippen molar-refractivity contribution < 1.29 is 13.9 Å². The van der Waals surface area contributed by atoms with E-state index in [-0.39, 0.29) is 17.6 Å². The van der Waals surface area contributed by atoms with Crippen molar-refractivity contribution in [2.24, 2.45) is 5.92 Å². The van der Waals surface area contributed by atoms with E-state index in [2.05, 4.69) is 10.2 Å². The Hall–Kier alpha value is -1.62. The first-order chi connectivity index (χ1) is 10.2. The molecule has 4 nitrogen and oxygen atoms in total. The molecule has 0 saturated carbocycles. The molecule has 1 aliphatic rings. The summed E-state index contributed by atoms with van der Waals surface area (Å²) in [6.07, 6.45) is 1.56. The minimum Gasteiger partial charge on any atom is -0.378 e. The minimum atomic E-state index is -0.341. The number of halogens is 1. The quantitative estimate of drug-likeness (QED) is 0.907. The van der Waals surface area contributed by atoms with Crippen molar-refractivity contribution in [3.05, 3.63) is 24.0 Å². The molecule has 2 rings (SSSR count). The van der Waals surface area contributed by atoms with Crippen molar-refractivity contribution in [3.63, 3.8) is 0 Å². The van der Waals surface area contributed by atoms with Crippen molar-refractivity contribution in [2.75, 3.05) is 36.5 Å². The SMILES string of the molecule is CCC(CC)C(=O)Nc1cc(F)ccc1N1CCOCC1. The van der Waals surface area contributed by atoms with Crippen LogP contribution in [0, 0.1) is 11.7 Å². The lowest BCUT2D eigenvalue weighted by atomic mass is 10.0. The van der Waals surface area contributed by atoms with Gasteiger partial charge in [0.2, 0.25) is 5.91 Å². The molecule has 0 bridgehead atoms. The number of carbonyl (C=O) groups excluding carboxylic acids is 1. The molecular formula is C16H23FN2O2. The molecule has 21 heavy (non-hydrogen) atoms. The van der Waals surface area contributed by atoms with Crippen LogP contribution in [0.1, 0.15) is 26.7 Å². The number of ether oxygens (including phenoxy) is 1. The number of hydrogen-bond acceptors (Lipinski definition) is 3. The van der Waals surface area contributed by atoms with Gasteiger partial charge in [-0.2, -0.15) is 0 Å². The van der Waals surface area contributed by atoms with E-state index in [0.717, 1.165) is 31.6 Å². The molecular weight excluding hydrogens is 271 g/mol. The van der Waals surface area contributed by atoms with Crippen molar-refractivity contribution in [3.8, 4) is 0 Å². The second-order valence-electron chi connectivity index (χ2n) is 5.26. The number of rotatable bonds is 5. The first kappa shape index (κ1) is 15.8. The molecule has 1 N–H and O–H groups in total. The van der Waals surface area contributed by atoms with Gasteiger partial charge in [-0.25, -0.2) is 4.39 Å². The molecule has 0 spiro atoms. The number of morpholine rings is 1. The topological polar surface area (TPSA) is 41.6 Å². The Kier molecular flexibility index (Phi) is 5.56. The van der Waals surface area contributed by atoms with Gasteiger partial charge < -0.3 is 15.0 Å². The molecule has 1 saturated heterocycles. The van der Waals surface area contributed by atoms with E-state index >= 15 is 0 Å². The average Bonchev–Trinajstić information content (AvgIpc) is 2.49. The van der Waals surface area contributed by atoms with Gasteiger partial charge in [0.25, 0.3) is 0 Å². The molecule has 0 aliphatic carbocycles. The highest BCUT2D eigenvalue weighted by Crippen LogP contribution is 2.28. The molecule has 1 aromatic rings. The van der Waals surface area contributed by atoms with E-state index in [4.69, 9.17) is 4.74 Å². The molecule has 1 aromatic carbocycles. The van der Waals surface area contributed by atoms with Crippen LogP contribution >= 0.6 is 0 Å². The Labute approximate surface area is 125 Å². The third-order valence-electron chi connectivity index (χ3n) is 3.92. The van der Waals surface area contributed by atoms with Gasteiger partial charge in [-0.05, 0) is 31.0 Å². The fourth-order valence-electron chi connectivity index (χ4n) is 2.58. The minimum absolute atomic E-state index is 0.0363. The predicted octanol–water partition coefficient (Wildman–Crippen LogP) is 3.04. The number of amides is 1. The summed E-state index contributed by atoms with van der Waals surface area (Å²) in [7, 11) is 0. The van der Waals surface area contributed by atoms with Crippen molar-refractivity contribution in [2.45, 2.75) is 26.7 Å². The Morgan fingerprint density at radius 3 is 2.62 bits per heavy atom. The fourth-order valence-corrected chi connectivity index (χ4v) is 2.58. The number of benzene rings is 1. The van der Waals surface area contributed by atoms with Crippen molar-refractivity contribution in [1.82, 2.24) is 0 Å². The first-order valence-electron chi connectivity index (χ1n) is 7.58. The monoisotopic (exact) mass is 294 g/mol. The lowest BCUT2D eigenvalue weighted by Gasteiger charge is -2.30. The number of hydrogen-bond donors (Lipinski definition) is 1. The molecule has 1 aliphatic heterocycles. The maximum Gasteiger partial charge on any atom is 0.227 e. The van der Waals surface area contributed by atoms with E-state index in [1.165, 1.54) is 12.1 Å². The highest BCUT2D eigenvalue weighted by atomic mass is 19.1. The molecule has 0 atom stereocenters. The third kappa shape index (κ3) is 3.94. The van der Waals surface area contributed by atoms with E-state index in [1.807, 2.05) is 13.8 Å². The van der Waals surface area contributed by atoms with Gasteiger partial charge in [-0.15, -0.1) is 0 Å². The lowest BCUT2D eigenvalue weighted by molar-refractivity contribution is -0.120. The predicted molar refractivity (Wildman–Crippen MR) is 82.1 cm³/mol. The van der Waals surface area contributed by atoms with E-state index in [0.29, 0.717) is 18.9 Å². The Bertz CT molecular complexity index is 483. The fraction of sp³-hybridized carbons (Fsp3) is 0.562. The van der Waals surface area contributed by atoms with Crippen LogP contribution in [0.3, 0.4) is 0 Å². The van der Waals surface area contributed by atoms with Crippen LogP contribution in [0.4, 0.5) is 15.8 Å². The third-order valence-corrected chi connectivity index (χ3v) is 3.92. The second-order valence-corrected chi connectivity index (χ2v) is 5.26. The summed E-state index contributed by atoms with van der Waals surface area (Å²) < 4.78 is 18.9. The van der Waals surface area contributed by atoms with Crippen LogP contribution in [-0.4, -0.2) is 32.2 Å². The van der Waals surface area contributed by atoms with Crippen LogP contribution in [0.25, 0.3) is 0 Å². The summed E-state index contributed by atoms with van der Waals surface area (Å²) >= 11 is 0. The zero-order valence-corrected chi connectivity index (χ0v) is 12.7. The molecule has 116 valence electrons. The molecule has 1 amide bonds. The molecule has 1 heterocycles. The van der Waals surface area contributed by atoms with E-state index < -0.39 is 0 Å². The standard InChI is InChI=1S/C16H23FN2O2/c1-3-12(4-2)16(20)18-14-11-13(17)5-6-15(14)19-7-9-21-10-8-19/h5-6,11-12H,3-4,7-10H2,1-2H3,(H,18,20). The van der Waals surface area contributed by atoms with Crippen LogP contribution in [0.2, 0.25) is 0 Å². The molecule has 0 aromatic heterocycles. The average molecular weight is 294 g/mol. The Morgan fingerprint density at radius 1 is 1.33 bits per heavy atom. The van der Waals surface area contributed by atoms with Gasteiger partial charge in [-0.1, -0.05) is 13.8 Å². The van der Waals surface area contributed by atoms with Gasteiger partial charge >= 0.3 is 0 Å². The van der Waals surface area contributed by atoms with Gasteiger partial charge in [-0.3, -0.25) is 4.79 Å². The highest BCUT2D eigenvalue weighted by Gasteiger charge is 2.19. The molecule has 0 radical (unpaired) electrons. The summed E-state index contributed by atoms with van der Waals surface area (Å²) in [6.45, 7) is 6.78. The van der Waals surface area contributed by atoms with E-state index in [9.17, 15) is 9.18 Å². The molecule has 1 fully saturated rings. The Morgan fingerprint density at radius 2 is 2.00 bits per heavy atom. The zero-order valence-electron chi connectivity index (χ0n) is 12.7. The highest BCUT2D eigenvalue weighted by molar-refractivity contribution is 5.95. The number of anilines is 2. The van der Waals surface area contributed by atoms with Gasteiger partial charge in [0.1, 0.15) is 5.82 Å². The van der Waals surface area contributed by atoms with Crippen molar-refractivity contribution in [1.29, 1.82) is 0 Å². The van der Waals surface area contributed by atoms with Gasteiger partial charge in [0, 0.05) is 19.0 Å². The summed E-state index contributed by atoms with van der Waals surface area (Å²) in [5, 5.41) is 2.89.